The highest BCUT2D eigenvalue weighted by Crippen LogP contribution is 2.37. The Balaban J connectivity index is 2.21. The summed E-state index contributed by atoms with van der Waals surface area (Å²) in [7, 11) is 1.71. The lowest BCUT2D eigenvalue weighted by Gasteiger charge is -2.35. The molecular weight excluding hydrogens is 286 g/mol. The summed E-state index contributed by atoms with van der Waals surface area (Å²) in [6, 6.07) is 0. The van der Waals surface area contributed by atoms with Crippen LogP contribution in [0, 0.1) is 12.8 Å². The van der Waals surface area contributed by atoms with Crippen LogP contribution in [0.15, 0.2) is 4.52 Å². The maximum atomic E-state index is 11.8. The van der Waals surface area contributed by atoms with E-state index in [0.717, 1.165) is 6.42 Å². The second-order valence-electron chi connectivity index (χ2n) is 5.98. The molecule has 0 bridgehead atoms. The molecule has 0 N–H and O–H groups in total. The smallest absolute Gasteiger partial charge is 0.360 e. The van der Waals surface area contributed by atoms with Crippen molar-refractivity contribution in [1.29, 1.82) is 0 Å². The lowest BCUT2D eigenvalue weighted by molar-refractivity contribution is -0.130. The number of hydrogen-bond donors (Lipinski definition) is 0. The molecule has 0 radical (unpaired) electrons. The van der Waals surface area contributed by atoms with Gasteiger partial charge in [0.2, 0.25) is 0 Å². The Morgan fingerprint density at radius 2 is 2.14 bits per heavy atom. The van der Waals surface area contributed by atoms with E-state index >= 15 is 0 Å². The monoisotopic (exact) mass is 311 g/mol. The quantitative estimate of drug-likeness (QED) is 0.778. The third-order valence-electron chi connectivity index (χ3n) is 4.11. The molecule has 0 saturated carbocycles. The molecule has 0 unspecified atom stereocenters. The molecule has 1 aromatic heterocycles. The first-order valence-electron chi connectivity index (χ1n) is 7.79. The van der Waals surface area contributed by atoms with Gasteiger partial charge in [-0.1, -0.05) is 19.0 Å². The zero-order valence-corrected chi connectivity index (χ0v) is 13.9. The average molecular weight is 311 g/mol. The van der Waals surface area contributed by atoms with Crippen LogP contribution in [0.1, 0.15) is 61.5 Å². The fraction of sp³-hybridized carbons (Fsp3) is 0.750. The molecular formula is C16H25NO5. The predicted octanol–water partition coefficient (Wildman–Crippen LogP) is 3.05. The summed E-state index contributed by atoms with van der Waals surface area (Å²) in [4.78, 5) is 11.8. The summed E-state index contributed by atoms with van der Waals surface area (Å²) in [6.07, 6.45) is 1.52. The van der Waals surface area contributed by atoms with Gasteiger partial charge in [-0.3, -0.25) is 0 Å². The van der Waals surface area contributed by atoms with Crippen molar-refractivity contribution in [1.82, 2.24) is 5.16 Å². The van der Waals surface area contributed by atoms with Crippen molar-refractivity contribution in [3.05, 3.63) is 17.0 Å². The zero-order valence-electron chi connectivity index (χ0n) is 13.9. The molecule has 2 rings (SSSR count). The number of esters is 1. The third-order valence-corrected chi connectivity index (χ3v) is 4.11. The van der Waals surface area contributed by atoms with Gasteiger partial charge in [-0.2, -0.15) is 0 Å². The van der Waals surface area contributed by atoms with Gasteiger partial charge in [0.15, 0.2) is 11.5 Å². The Labute approximate surface area is 131 Å². The van der Waals surface area contributed by atoms with Crippen molar-refractivity contribution in [2.75, 3.05) is 13.7 Å². The van der Waals surface area contributed by atoms with Crippen LogP contribution in [0.5, 0.6) is 0 Å². The van der Waals surface area contributed by atoms with Gasteiger partial charge in [0.25, 0.3) is 0 Å². The number of nitrogens with zero attached hydrogens (tertiary/aromatic N) is 1. The van der Waals surface area contributed by atoms with Crippen LogP contribution in [0.3, 0.4) is 0 Å². The van der Waals surface area contributed by atoms with Crippen LogP contribution in [0.4, 0.5) is 0 Å². The Kier molecular flexibility index (Phi) is 5.58. The molecule has 1 aliphatic heterocycles. The van der Waals surface area contributed by atoms with E-state index in [-0.39, 0.29) is 24.0 Å². The maximum Gasteiger partial charge on any atom is 0.360 e. The number of aromatic nitrogens is 1. The van der Waals surface area contributed by atoms with Crippen LogP contribution in [0.25, 0.3) is 0 Å². The Morgan fingerprint density at radius 3 is 2.73 bits per heavy atom. The molecule has 3 atom stereocenters. The predicted molar refractivity (Wildman–Crippen MR) is 79.7 cm³/mol. The first kappa shape index (κ1) is 17.0. The molecule has 6 nitrogen and oxygen atoms in total. The third kappa shape index (κ3) is 3.50. The van der Waals surface area contributed by atoms with E-state index in [2.05, 4.69) is 19.0 Å². The van der Waals surface area contributed by atoms with Crippen molar-refractivity contribution in [3.8, 4) is 0 Å². The van der Waals surface area contributed by atoms with Gasteiger partial charge >= 0.3 is 5.97 Å². The van der Waals surface area contributed by atoms with Gasteiger partial charge < -0.3 is 18.7 Å². The molecule has 1 aromatic rings. The van der Waals surface area contributed by atoms with Gasteiger partial charge in [-0.25, -0.2) is 4.79 Å². The molecule has 0 aromatic carbocycles. The molecule has 0 spiro atoms. The summed E-state index contributed by atoms with van der Waals surface area (Å²) in [5.41, 5.74) is 0.906. The van der Waals surface area contributed by atoms with Crippen molar-refractivity contribution >= 4 is 5.97 Å². The summed E-state index contributed by atoms with van der Waals surface area (Å²) in [6.45, 7) is 8.12. The lowest BCUT2D eigenvalue weighted by atomic mass is 9.92. The molecule has 0 aliphatic carbocycles. The van der Waals surface area contributed by atoms with E-state index in [1.165, 1.54) is 0 Å². The van der Waals surface area contributed by atoms with Crippen LogP contribution in [0.2, 0.25) is 0 Å². The van der Waals surface area contributed by atoms with Crippen molar-refractivity contribution in [2.45, 2.75) is 58.8 Å². The molecule has 1 aliphatic rings. The average Bonchev–Trinajstić information content (AvgIpc) is 2.88. The zero-order chi connectivity index (χ0) is 16.3. The number of ether oxygens (including phenoxy) is 3. The molecule has 124 valence electrons. The molecule has 22 heavy (non-hydrogen) atoms. The van der Waals surface area contributed by atoms with Gasteiger partial charge in [0, 0.05) is 25.5 Å². The van der Waals surface area contributed by atoms with Crippen LogP contribution < -0.4 is 0 Å². The number of carbonyl (C=O) groups excluding carboxylic acids is 1. The molecule has 1 saturated heterocycles. The van der Waals surface area contributed by atoms with Crippen LogP contribution in [-0.4, -0.2) is 37.1 Å². The van der Waals surface area contributed by atoms with Gasteiger partial charge in [-0.15, -0.1) is 0 Å². The van der Waals surface area contributed by atoms with Gasteiger partial charge in [0.1, 0.15) is 6.10 Å². The van der Waals surface area contributed by atoms with Crippen LogP contribution in [-0.2, 0) is 14.2 Å². The minimum Gasteiger partial charge on any atom is -0.461 e. The minimum atomic E-state index is -0.463. The Hall–Kier alpha value is -1.40. The van der Waals surface area contributed by atoms with Gasteiger partial charge in [-0.05, 0) is 19.8 Å². The second-order valence-corrected chi connectivity index (χ2v) is 5.98. The van der Waals surface area contributed by atoms with E-state index in [1.54, 1.807) is 14.0 Å². The minimum absolute atomic E-state index is 0.0965. The molecule has 6 heteroatoms. The Bertz CT molecular complexity index is 511. The van der Waals surface area contributed by atoms with E-state index in [4.69, 9.17) is 18.7 Å². The highest BCUT2D eigenvalue weighted by atomic mass is 16.5. The second kappa shape index (κ2) is 7.24. The molecule has 0 amide bonds. The first-order valence-corrected chi connectivity index (χ1v) is 7.79. The van der Waals surface area contributed by atoms with E-state index in [1.807, 2.05) is 6.92 Å². The highest BCUT2D eigenvalue weighted by molar-refractivity contribution is 5.88. The maximum absolute atomic E-state index is 11.8. The summed E-state index contributed by atoms with van der Waals surface area (Å²) in [5, 5.41) is 3.86. The fourth-order valence-electron chi connectivity index (χ4n) is 2.75. The normalized spacial score (nSPS) is 25.5. The van der Waals surface area contributed by atoms with E-state index in [0.29, 0.717) is 30.3 Å². The standard InChI is InChI=1S/C16H25NO5/c1-6-20-16(18)14-10(4)15(22-17-14)13-8-11(19-5)7-12(21-13)9(2)3/h9,11-13H,6-8H2,1-5H3/t11-,12+,13-/m1/s1. The fourth-order valence-corrected chi connectivity index (χ4v) is 2.75. The number of hydrogen-bond acceptors (Lipinski definition) is 6. The van der Waals surface area contributed by atoms with Crippen molar-refractivity contribution in [3.63, 3.8) is 0 Å². The Morgan fingerprint density at radius 1 is 1.41 bits per heavy atom. The number of rotatable bonds is 5. The lowest BCUT2D eigenvalue weighted by Crippen LogP contribution is -2.35. The molecule has 2 heterocycles. The number of methoxy groups -OCH3 is 1. The van der Waals surface area contributed by atoms with E-state index in [9.17, 15) is 4.79 Å². The van der Waals surface area contributed by atoms with E-state index < -0.39 is 5.97 Å². The van der Waals surface area contributed by atoms with Crippen molar-refractivity contribution < 1.29 is 23.5 Å². The first-order chi connectivity index (χ1) is 10.5. The van der Waals surface area contributed by atoms with Crippen LogP contribution >= 0.6 is 0 Å². The highest BCUT2D eigenvalue weighted by Gasteiger charge is 2.36. The van der Waals surface area contributed by atoms with Crippen molar-refractivity contribution in [2.24, 2.45) is 5.92 Å². The summed E-state index contributed by atoms with van der Waals surface area (Å²) < 4.78 is 22.0. The summed E-state index contributed by atoms with van der Waals surface area (Å²) >= 11 is 0. The topological polar surface area (TPSA) is 70.8 Å². The summed E-state index contributed by atoms with van der Waals surface area (Å²) in [5.74, 6) is 0.512. The largest absolute Gasteiger partial charge is 0.461 e. The molecule has 1 fully saturated rings. The SMILES string of the molecule is CCOC(=O)c1noc([C@H]2C[C@H](OC)C[C@@H](C(C)C)O2)c1C. The number of carbonyl (C=O) groups is 1. The van der Waals surface area contributed by atoms with Gasteiger partial charge in [0.05, 0.1) is 18.8 Å².